The minimum atomic E-state index is -0.886. The molecule has 0 aliphatic rings. The van der Waals surface area contributed by atoms with Gasteiger partial charge >= 0.3 is 5.97 Å². The van der Waals surface area contributed by atoms with Crippen LogP contribution in [-0.2, 0) is 23.3 Å². The van der Waals surface area contributed by atoms with E-state index >= 15 is 0 Å². The molecule has 51 heavy (non-hydrogen) atoms. The third kappa shape index (κ3) is 6.47. The Labute approximate surface area is 296 Å². The van der Waals surface area contributed by atoms with Gasteiger partial charge in [-0.15, -0.1) is 5.10 Å². The van der Waals surface area contributed by atoms with E-state index in [4.69, 9.17) is 9.95 Å². The summed E-state index contributed by atoms with van der Waals surface area (Å²) in [5.74, 6) is 0.683. The molecule has 7 aromatic rings. The van der Waals surface area contributed by atoms with Crippen molar-refractivity contribution in [2.24, 2.45) is 0 Å². The smallest absolute Gasteiger partial charge is 0.359 e. The monoisotopic (exact) mass is 674 g/mol. The molecule has 0 saturated carbocycles. The van der Waals surface area contributed by atoms with Gasteiger partial charge in [0, 0.05) is 12.0 Å². The number of benzene rings is 5. The predicted molar refractivity (Wildman–Crippen MR) is 196 cm³/mol. The number of aliphatic hydroxyl groups excluding tert-OH is 1. The van der Waals surface area contributed by atoms with Crippen molar-refractivity contribution in [3.8, 4) is 22.5 Å². The Morgan fingerprint density at radius 1 is 0.784 bits per heavy atom. The Bertz CT molecular complexity index is 2120. The van der Waals surface area contributed by atoms with Gasteiger partial charge in [-0.25, -0.2) is 14.5 Å². The zero-order valence-corrected chi connectivity index (χ0v) is 28.5. The molecule has 2 aromatic heterocycles. The maximum Gasteiger partial charge on any atom is 0.359 e. The molecule has 0 fully saturated rings. The quantitative estimate of drug-likeness (QED) is 0.0998. The summed E-state index contributed by atoms with van der Waals surface area (Å²) in [6.07, 6.45) is 0.664. The zero-order valence-electron chi connectivity index (χ0n) is 28.5. The first kappa shape index (κ1) is 33.3. The minimum Gasteiger partial charge on any atom is -0.456 e. The zero-order chi connectivity index (χ0) is 35.2. The van der Waals surface area contributed by atoms with Crippen LogP contribution in [0.15, 0.2) is 140 Å². The van der Waals surface area contributed by atoms with Crippen molar-refractivity contribution in [2.75, 3.05) is 0 Å². The van der Waals surface area contributed by atoms with Gasteiger partial charge in [0.05, 0.1) is 11.8 Å². The van der Waals surface area contributed by atoms with E-state index in [0.717, 1.165) is 45.4 Å². The lowest BCUT2D eigenvalue weighted by atomic mass is 9.77. The molecule has 254 valence electrons. The molecular weight excluding hydrogens is 637 g/mol. The van der Waals surface area contributed by atoms with Crippen LogP contribution in [0.25, 0.3) is 22.5 Å². The number of imidazole rings is 1. The second kappa shape index (κ2) is 14.7. The first-order valence-electron chi connectivity index (χ1n) is 17.1. The highest BCUT2D eigenvalue weighted by Crippen LogP contribution is 2.43. The molecule has 0 spiro atoms. The average molecular weight is 675 g/mol. The number of carbonyl (C=O) groups excluding carboxylic acids is 1. The summed E-state index contributed by atoms with van der Waals surface area (Å²) in [4.78, 5) is 20.5. The fraction of sp³-hybridized carbons (Fsp3) is 0.167. The van der Waals surface area contributed by atoms with Gasteiger partial charge in [-0.3, -0.25) is 0 Å². The van der Waals surface area contributed by atoms with Gasteiger partial charge in [0.15, 0.2) is 11.5 Å². The Balaban J connectivity index is 1.25. The predicted octanol–water partition coefficient (Wildman–Crippen LogP) is 7.93. The van der Waals surface area contributed by atoms with Gasteiger partial charge < -0.3 is 14.8 Å². The number of aromatic amines is 1. The average Bonchev–Trinajstić information content (AvgIpc) is 3.85. The first-order chi connectivity index (χ1) is 25.0. The second-order valence-electron chi connectivity index (χ2n) is 12.4. The minimum absolute atomic E-state index is 0.0575. The fourth-order valence-electron chi connectivity index (χ4n) is 6.66. The molecule has 0 saturated heterocycles. The number of esters is 1. The van der Waals surface area contributed by atoms with Crippen LogP contribution in [0.1, 0.15) is 70.6 Å². The first-order valence-corrected chi connectivity index (χ1v) is 17.1. The molecule has 0 amide bonds. The Kier molecular flexibility index (Phi) is 9.63. The van der Waals surface area contributed by atoms with Crippen LogP contribution < -0.4 is 0 Å². The molecule has 0 aliphatic heterocycles. The normalized spacial score (nSPS) is 12.1. The lowest BCUT2D eigenvalue weighted by Gasteiger charge is -2.36. The summed E-state index contributed by atoms with van der Waals surface area (Å²) in [5, 5.41) is 23.9. The van der Waals surface area contributed by atoms with E-state index in [1.54, 1.807) is 6.92 Å². The number of tetrazole rings is 1. The van der Waals surface area contributed by atoms with Crippen molar-refractivity contribution < 1.29 is 14.6 Å². The van der Waals surface area contributed by atoms with Gasteiger partial charge in [0.1, 0.15) is 18.0 Å². The van der Waals surface area contributed by atoms with E-state index < -0.39 is 17.6 Å². The molecule has 1 unspecified atom stereocenters. The number of carbonyl (C=O) groups is 1. The van der Waals surface area contributed by atoms with Gasteiger partial charge in [0.25, 0.3) is 0 Å². The number of hydrogen-bond donors (Lipinski definition) is 2. The number of hydrogen-bond acceptors (Lipinski definition) is 7. The number of aryl methyl sites for hydroxylation is 1. The van der Waals surface area contributed by atoms with Crippen LogP contribution in [-0.4, -0.2) is 41.3 Å². The summed E-state index contributed by atoms with van der Waals surface area (Å²) < 4.78 is 7.57. The number of rotatable bonds is 12. The lowest BCUT2D eigenvalue weighted by molar-refractivity contribution is 0.0459. The summed E-state index contributed by atoms with van der Waals surface area (Å²) in [6, 6.07) is 46.9. The molecule has 7 rings (SSSR count). The molecule has 5 aromatic carbocycles. The summed E-state index contributed by atoms with van der Waals surface area (Å²) in [5.41, 5.74) is 6.23. The third-order valence-corrected chi connectivity index (χ3v) is 9.04. The van der Waals surface area contributed by atoms with E-state index in [1.807, 2.05) is 109 Å². The van der Waals surface area contributed by atoms with Crippen molar-refractivity contribution in [3.63, 3.8) is 0 Å². The summed E-state index contributed by atoms with van der Waals surface area (Å²) in [6.45, 7) is 3.68. The molecule has 9 nitrogen and oxygen atoms in total. The highest BCUT2D eigenvalue weighted by molar-refractivity contribution is 5.89. The van der Waals surface area contributed by atoms with Crippen LogP contribution in [0, 0.1) is 0 Å². The fourth-order valence-corrected chi connectivity index (χ4v) is 6.66. The highest BCUT2D eigenvalue weighted by Gasteiger charge is 2.42. The Hall–Kier alpha value is -6.19. The third-order valence-electron chi connectivity index (χ3n) is 9.04. The molecule has 1 atom stereocenters. The Morgan fingerprint density at radius 2 is 1.33 bits per heavy atom. The van der Waals surface area contributed by atoms with E-state index in [9.17, 15) is 9.90 Å². The lowest BCUT2D eigenvalue weighted by Crippen LogP contribution is -2.39. The SMILES string of the molecule is CCCc1nc(C(=O)OCc2ccc(-c3ccccc3-c3nnnn3C(c3ccccc3)(c3ccccc3)c3ccccc3)cc2)c(C(C)O)[nH]1. The maximum atomic E-state index is 13.0. The van der Waals surface area contributed by atoms with Gasteiger partial charge in [-0.2, -0.15) is 0 Å². The Morgan fingerprint density at radius 3 is 1.88 bits per heavy atom. The van der Waals surface area contributed by atoms with Gasteiger partial charge in [-0.1, -0.05) is 146 Å². The number of nitrogens with zero attached hydrogens (tertiary/aromatic N) is 5. The van der Waals surface area contributed by atoms with Crippen LogP contribution in [0.4, 0.5) is 0 Å². The molecule has 2 N–H and O–H groups in total. The molecule has 2 heterocycles. The maximum absolute atomic E-state index is 13.0. The largest absolute Gasteiger partial charge is 0.456 e. The van der Waals surface area contributed by atoms with Crippen molar-refractivity contribution >= 4 is 5.97 Å². The van der Waals surface area contributed by atoms with Crippen LogP contribution in [0.2, 0.25) is 0 Å². The van der Waals surface area contributed by atoms with Crippen molar-refractivity contribution in [1.82, 2.24) is 30.2 Å². The van der Waals surface area contributed by atoms with Crippen LogP contribution in [0.5, 0.6) is 0 Å². The van der Waals surface area contributed by atoms with E-state index in [1.165, 1.54) is 0 Å². The molecule has 0 aliphatic carbocycles. The molecule has 0 bridgehead atoms. The molecule has 9 heteroatoms. The highest BCUT2D eigenvalue weighted by atomic mass is 16.5. The summed E-state index contributed by atoms with van der Waals surface area (Å²) >= 11 is 0. The molecule has 0 radical (unpaired) electrons. The van der Waals surface area contributed by atoms with Gasteiger partial charge in [0.2, 0.25) is 0 Å². The van der Waals surface area contributed by atoms with E-state index in [-0.39, 0.29) is 12.3 Å². The summed E-state index contributed by atoms with van der Waals surface area (Å²) in [7, 11) is 0. The number of H-pyrrole nitrogens is 1. The number of ether oxygens (including phenoxy) is 1. The second-order valence-corrected chi connectivity index (χ2v) is 12.4. The van der Waals surface area contributed by atoms with Crippen molar-refractivity contribution in [2.45, 2.75) is 44.9 Å². The standard InChI is InChI=1S/C42H38N6O3/c1-3-15-37-43-38(29(2)49)39(44-37)41(50)51-28-30-24-26-31(27-25-30)35-22-13-14-23-36(35)40-45-46-47-48(40)42(32-16-7-4-8-17-32,33-18-9-5-10-19-33)34-20-11-6-12-21-34/h4-14,16-27,29,49H,3,15,28H2,1-2H3,(H,43,44). The van der Waals surface area contributed by atoms with Crippen LogP contribution >= 0.6 is 0 Å². The number of aliphatic hydroxyl groups is 1. The van der Waals surface area contributed by atoms with Crippen molar-refractivity contribution in [1.29, 1.82) is 0 Å². The van der Waals surface area contributed by atoms with Gasteiger partial charge in [-0.05, 0) is 57.2 Å². The van der Waals surface area contributed by atoms with E-state index in [0.29, 0.717) is 23.8 Å². The number of aromatic nitrogens is 6. The number of nitrogens with one attached hydrogen (secondary N) is 1. The topological polar surface area (TPSA) is 119 Å². The van der Waals surface area contributed by atoms with Crippen molar-refractivity contribution in [3.05, 3.63) is 179 Å². The molecular formula is C42H38N6O3. The van der Waals surface area contributed by atoms with Crippen LogP contribution in [0.3, 0.4) is 0 Å². The van der Waals surface area contributed by atoms with E-state index in [2.05, 4.69) is 62.7 Å².